The Morgan fingerprint density at radius 3 is 2.39 bits per heavy atom. The maximum atomic E-state index is 10.2. The first kappa shape index (κ1) is 23.8. The summed E-state index contributed by atoms with van der Waals surface area (Å²) >= 11 is 0. The highest BCUT2D eigenvalue weighted by Gasteiger charge is 2.59. The van der Waals surface area contributed by atoms with E-state index in [4.69, 9.17) is 0 Å². The number of rotatable bonds is 6. The van der Waals surface area contributed by atoms with E-state index in [2.05, 4.69) is 40.7 Å². The summed E-state index contributed by atoms with van der Waals surface area (Å²) in [6.07, 6.45) is 14.8. The van der Waals surface area contributed by atoms with E-state index in [1.165, 1.54) is 51.4 Å². The van der Waals surface area contributed by atoms with Crippen LogP contribution in [-0.2, 0) is 0 Å². The van der Waals surface area contributed by atoms with Crippen molar-refractivity contribution in [3.63, 3.8) is 0 Å². The van der Waals surface area contributed by atoms with E-state index >= 15 is 0 Å². The number of hydrogen-bond donors (Lipinski definition) is 2. The van der Waals surface area contributed by atoms with Gasteiger partial charge in [-0.15, -0.1) is 0 Å². The van der Waals surface area contributed by atoms with Crippen LogP contribution in [0, 0.1) is 52.3 Å². The minimum atomic E-state index is -0.187. The number of fused-ring (bicyclic) bond motifs is 5. The minimum absolute atomic E-state index is 0.0993. The molecule has 4 aliphatic carbocycles. The summed E-state index contributed by atoms with van der Waals surface area (Å²) in [7, 11) is 0. The Kier molecular flexibility index (Phi) is 6.75. The van der Waals surface area contributed by atoms with Gasteiger partial charge < -0.3 is 10.2 Å². The first-order chi connectivity index (χ1) is 14.6. The number of aliphatic hydroxyl groups excluding tert-OH is 2. The van der Waals surface area contributed by atoms with Gasteiger partial charge in [0.05, 0.1) is 12.2 Å². The van der Waals surface area contributed by atoms with Crippen molar-refractivity contribution in [2.45, 2.75) is 118 Å². The van der Waals surface area contributed by atoms with Crippen molar-refractivity contribution >= 4 is 0 Å². The Bertz CT molecular complexity index is 658. The summed E-state index contributed by atoms with van der Waals surface area (Å²) in [4.78, 5) is 0. The highest BCUT2D eigenvalue weighted by Crippen LogP contribution is 2.67. The summed E-state index contributed by atoms with van der Waals surface area (Å²) in [5.74, 6) is 5.21. The largest absolute Gasteiger partial charge is 0.393 e. The Morgan fingerprint density at radius 2 is 1.71 bits per heavy atom. The third kappa shape index (κ3) is 4.07. The molecule has 0 aromatic heterocycles. The van der Waals surface area contributed by atoms with Crippen molar-refractivity contribution in [2.24, 2.45) is 52.3 Å². The zero-order chi connectivity index (χ0) is 22.6. The Labute approximate surface area is 192 Å². The molecular weight excluding hydrogens is 380 g/mol. The summed E-state index contributed by atoms with van der Waals surface area (Å²) in [5, 5.41) is 20.5. The van der Waals surface area contributed by atoms with Crippen molar-refractivity contribution in [2.75, 3.05) is 0 Å². The van der Waals surface area contributed by atoms with Gasteiger partial charge in [-0.2, -0.15) is 0 Å². The smallest absolute Gasteiger partial charge is 0.0577 e. The van der Waals surface area contributed by atoms with Crippen LogP contribution in [0.5, 0.6) is 0 Å². The number of allylic oxidation sites excluding steroid dienone is 1. The van der Waals surface area contributed by atoms with Crippen LogP contribution in [-0.4, -0.2) is 22.4 Å². The van der Waals surface area contributed by atoms with E-state index < -0.39 is 0 Å². The number of hydrogen-bond acceptors (Lipinski definition) is 2. The molecule has 0 heterocycles. The molecule has 2 nitrogen and oxygen atoms in total. The summed E-state index contributed by atoms with van der Waals surface area (Å²) < 4.78 is 0. The van der Waals surface area contributed by atoms with Gasteiger partial charge in [-0.25, -0.2) is 0 Å². The highest BCUT2D eigenvalue weighted by molar-refractivity contribution is 5.25. The Morgan fingerprint density at radius 1 is 0.968 bits per heavy atom. The quantitative estimate of drug-likeness (QED) is 0.446. The molecule has 0 bridgehead atoms. The monoisotopic (exact) mass is 430 g/mol. The van der Waals surface area contributed by atoms with Gasteiger partial charge in [0, 0.05) is 0 Å². The van der Waals surface area contributed by atoms with Crippen molar-refractivity contribution in [1.29, 1.82) is 0 Å². The fraction of sp³-hybridized carbons (Fsp3) is 0.931. The minimum Gasteiger partial charge on any atom is -0.393 e. The topological polar surface area (TPSA) is 40.5 Å². The molecule has 3 fully saturated rings. The fourth-order valence-electron chi connectivity index (χ4n) is 9.41. The van der Waals surface area contributed by atoms with Crippen LogP contribution in [0.1, 0.15) is 106 Å². The van der Waals surface area contributed by atoms with Crippen molar-refractivity contribution in [3.05, 3.63) is 11.6 Å². The molecule has 4 aliphatic rings. The van der Waals surface area contributed by atoms with Crippen molar-refractivity contribution in [1.82, 2.24) is 0 Å². The molecule has 31 heavy (non-hydrogen) atoms. The molecule has 3 unspecified atom stereocenters. The van der Waals surface area contributed by atoms with Crippen LogP contribution in [0.4, 0.5) is 0 Å². The molecule has 0 radical (unpaired) electrons. The second kappa shape index (κ2) is 8.79. The molecule has 0 aromatic rings. The predicted molar refractivity (Wildman–Crippen MR) is 130 cm³/mol. The fourth-order valence-corrected chi connectivity index (χ4v) is 9.41. The van der Waals surface area contributed by atoms with E-state index in [-0.39, 0.29) is 12.2 Å². The van der Waals surface area contributed by atoms with Gasteiger partial charge in [0.1, 0.15) is 0 Å². The lowest BCUT2D eigenvalue weighted by Gasteiger charge is -2.58. The van der Waals surface area contributed by atoms with Crippen molar-refractivity contribution < 1.29 is 10.2 Å². The van der Waals surface area contributed by atoms with Crippen molar-refractivity contribution in [3.8, 4) is 0 Å². The van der Waals surface area contributed by atoms with Crippen LogP contribution in [0.15, 0.2) is 11.6 Å². The van der Waals surface area contributed by atoms with Crippen LogP contribution in [0.3, 0.4) is 0 Å². The van der Waals surface area contributed by atoms with Gasteiger partial charge >= 0.3 is 0 Å². The van der Waals surface area contributed by atoms with Crippen LogP contribution in [0.25, 0.3) is 0 Å². The van der Waals surface area contributed by atoms with Gasteiger partial charge in [-0.1, -0.05) is 52.7 Å². The SMILES string of the molecule is CC(C)[C@H](CC[C@@H](C)[C@H]1CCC2C3CC=C4C[C@@H](O)CC[C@]4(C)C3CC[C@@]21C)[C@@H](C)O. The third-order valence-electron chi connectivity index (χ3n) is 11.3. The van der Waals surface area contributed by atoms with Gasteiger partial charge in [-0.05, 0) is 117 Å². The molecule has 2 N–H and O–H groups in total. The van der Waals surface area contributed by atoms with Gasteiger partial charge in [0.2, 0.25) is 0 Å². The number of aliphatic hydroxyl groups is 2. The molecule has 0 saturated heterocycles. The summed E-state index contributed by atoms with van der Waals surface area (Å²) in [6.45, 7) is 14.2. The summed E-state index contributed by atoms with van der Waals surface area (Å²) in [6, 6.07) is 0. The molecular formula is C29H50O2. The molecule has 0 amide bonds. The Hall–Kier alpha value is -0.340. The predicted octanol–water partition coefficient (Wildman–Crippen LogP) is 7.00. The van der Waals surface area contributed by atoms with Gasteiger partial charge in [0.15, 0.2) is 0 Å². The second-order valence-corrected chi connectivity index (χ2v) is 13.1. The molecule has 4 rings (SSSR count). The van der Waals surface area contributed by atoms with Crippen LogP contribution in [0.2, 0.25) is 0 Å². The zero-order valence-electron chi connectivity index (χ0n) is 21.2. The summed E-state index contributed by atoms with van der Waals surface area (Å²) in [5.41, 5.74) is 2.46. The van der Waals surface area contributed by atoms with Gasteiger partial charge in [0.25, 0.3) is 0 Å². The average molecular weight is 431 g/mol. The maximum absolute atomic E-state index is 10.2. The Balaban J connectivity index is 1.47. The van der Waals surface area contributed by atoms with Gasteiger partial charge in [-0.3, -0.25) is 0 Å². The van der Waals surface area contributed by atoms with Crippen LogP contribution >= 0.6 is 0 Å². The normalized spacial score (nSPS) is 45.3. The molecule has 0 aromatic carbocycles. The van der Waals surface area contributed by atoms with E-state index in [1.54, 1.807) is 5.57 Å². The first-order valence-electron chi connectivity index (χ1n) is 13.6. The standard InChI is InChI=1S/C29H50O2/c1-18(2)23(20(4)30)9-7-19(3)25-11-12-26-24-10-8-21-17-22(31)13-15-28(21,5)27(24)14-16-29(25,26)6/h8,18-20,22-27,30-31H,7,9-17H2,1-6H3/t19-,20-,22+,23+,24?,25-,26?,27?,28+,29-/m1/s1. The molecule has 10 atom stereocenters. The van der Waals surface area contributed by atoms with E-state index in [9.17, 15) is 10.2 Å². The van der Waals surface area contributed by atoms with E-state index in [0.717, 1.165) is 42.4 Å². The van der Waals surface area contributed by atoms with E-state index in [0.29, 0.717) is 22.7 Å². The zero-order valence-corrected chi connectivity index (χ0v) is 21.2. The first-order valence-corrected chi connectivity index (χ1v) is 13.6. The molecule has 178 valence electrons. The molecule has 0 spiro atoms. The van der Waals surface area contributed by atoms with E-state index in [1.807, 2.05) is 6.92 Å². The maximum Gasteiger partial charge on any atom is 0.0577 e. The third-order valence-corrected chi connectivity index (χ3v) is 11.3. The molecule has 2 heteroatoms. The second-order valence-electron chi connectivity index (χ2n) is 13.1. The highest BCUT2D eigenvalue weighted by atomic mass is 16.3. The lowest BCUT2D eigenvalue weighted by molar-refractivity contribution is -0.0578. The molecule has 3 saturated carbocycles. The lowest BCUT2D eigenvalue weighted by atomic mass is 9.47. The molecule has 0 aliphatic heterocycles. The lowest BCUT2D eigenvalue weighted by Crippen LogP contribution is -2.50. The average Bonchev–Trinajstić information content (AvgIpc) is 3.05. The van der Waals surface area contributed by atoms with Crippen LogP contribution < -0.4 is 0 Å².